The second-order valence-corrected chi connectivity index (χ2v) is 9.99. The molecule has 2 heterocycles. The first-order chi connectivity index (χ1) is 15.5. The first kappa shape index (κ1) is 23.1. The van der Waals surface area contributed by atoms with Crippen molar-refractivity contribution in [3.63, 3.8) is 0 Å². The number of aliphatic imine (C=N–C) groups is 1. The van der Waals surface area contributed by atoms with Gasteiger partial charge in [-0.05, 0) is 44.6 Å². The van der Waals surface area contributed by atoms with Crippen LogP contribution in [0.2, 0.25) is 0 Å². The molecule has 0 bridgehead atoms. The molecule has 3 fully saturated rings. The van der Waals surface area contributed by atoms with Gasteiger partial charge in [-0.15, -0.1) is 0 Å². The summed E-state index contributed by atoms with van der Waals surface area (Å²) in [6, 6.07) is 12.9. The van der Waals surface area contributed by atoms with Gasteiger partial charge in [0.25, 0.3) is 0 Å². The molecule has 1 aromatic rings. The number of guanidine groups is 1. The van der Waals surface area contributed by atoms with Crippen molar-refractivity contribution in [3.05, 3.63) is 35.9 Å². The average Bonchev–Trinajstić information content (AvgIpc) is 3.56. The van der Waals surface area contributed by atoms with Gasteiger partial charge in [-0.3, -0.25) is 14.6 Å². The molecule has 4 rings (SSSR count). The lowest BCUT2D eigenvalue weighted by Gasteiger charge is -2.33. The maximum absolute atomic E-state index is 12.1. The van der Waals surface area contributed by atoms with Gasteiger partial charge < -0.3 is 15.5 Å². The van der Waals surface area contributed by atoms with Crippen molar-refractivity contribution in [3.8, 4) is 0 Å². The number of carbonyl (C=O) groups excluding carboxylic acids is 1. The van der Waals surface area contributed by atoms with Gasteiger partial charge in [-0.1, -0.05) is 30.3 Å². The highest BCUT2D eigenvalue weighted by molar-refractivity contribution is 5.85. The van der Waals surface area contributed by atoms with Crippen molar-refractivity contribution in [1.82, 2.24) is 25.3 Å². The largest absolute Gasteiger partial charge is 0.354 e. The van der Waals surface area contributed by atoms with E-state index < -0.39 is 0 Å². The fraction of sp³-hybridized carbons (Fsp3) is 0.680. The van der Waals surface area contributed by atoms with Crippen molar-refractivity contribution in [1.29, 1.82) is 0 Å². The summed E-state index contributed by atoms with van der Waals surface area (Å²) in [6.45, 7) is 6.76. The van der Waals surface area contributed by atoms with Crippen molar-refractivity contribution < 1.29 is 4.79 Å². The Morgan fingerprint density at radius 3 is 2.41 bits per heavy atom. The van der Waals surface area contributed by atoms with Crippen molar-refractivity contribution in [2.24, 2.45) is 4.99 Å². The molecule has 0 spiro atoms. The highest BCUT2D eigenvalue weighted by Crippen LogP contribution is 2.33. The Kier molecular flexibility index (Phi) is 7.68. The topological polar surface area (TPSA) is 63.2 Å². The minimum absolute atomic E-state index is 0.0307. The van der Waals surface area contributed by atoms with Gasteiger partial charge in [-0.2, -0.15) is 0 Å². The van der Waals surface area contributed by atoms with E-state index in [0.29, 0.717) is 18.1 Å². The smallest absolute Gasteiger partial charge is 0.243 e. The third kappa shape index (κ3) is 6.45. The van der Waals surface area contributed by atoms with Crippen LogP contribution in [-0.4, -0.2) is 91.0 Å². The zero-order valence-electron chi connectivity index (χ0n) is 20.0. The quantitative estimate of drug-likeness (QED) is 0.501. The molecule has 3 aliphatic rings. The average molecular weight is 441 g/mol. The summed E-state index contributed by atoms with van der Waals surface area (Å²) in [4.78, 5) is 23.6. The predicted molar refractivity (Wildman–Crippen MR) is 130 cm³/mol. The van der Waals surface area contributed by atoms with Crippen LogP contribution in [0.25, 0.3) is 0 Å². The van der Waals surface area contributed by atoms with E-state index in [2.05, 4.69) is 62.7 Å². The monoisotopic (exact) mass is 440 g/mol. The maximum atomic E-state index is 12.1. The van der Waals surface area contributed by atoms with Gasteiger partial charge >= 0.3 is 0 Å². The molecule has 1 saturated carbocycles. The van der Waals surface area contributed by atoms with Crippen LogP contribution < -0.4 is 10.6 Å². The normalized spacial score (nSPS) is 25.7. The fourth-order valence-corrected chi connectivity index (χ4v) is 4.96. The minimum Gasteiger partial charge on any atom is -0.354 e. The summed E-state index contributed by atoms with van der Waals surface area (Å²) in [5, 5.41) is 7.32. The van der Waals surface area contributed by atoms with E-state index in [0.717, 1.165) is 57.4 Å². The zero-order valence-corrected chi connectivity index (χ0v) is 20.0. The highest BCUT2D eigenvalue weighted by Gasteiger charge is 2.39. The molecule has 1 aromatic carbocycles. The summed E-state index contributed by atoms with van der Waals surface area (Å²) in [5.41, 5.74) is 1.38. The van der Waals surface area contributed by atoms with E-state index in [4.69, 9.17) is 0 Å². The molecule has 176 valence electrons. The van der Waals surface area contributed by atoms with E-state index in [1.54, 1.807) is 19.0 Å². The van der Waals surface area contributed by atoms with Gasteiger partial charge in [0, 0.05) is 64.4 Å². The Hall–Kier alpha value is -2.12. The number of amides is 1. The Morgan fingerprint density at radius 1 is 1.06 bits per heavy atom. The standard InChI is InChI=1S/C25H40N6O/c1-19-15-22(18-31(19)23-9-10-23)28-25(26-16-24(32)29(2)3)27-21-11-13-30(14-12-21)17-20-7-5-4-6-8-20/h4-8,19,21-23H,9-18H2,1-3H3,(H2,26,27,28). The lowest BCUT2D eigenvalue weighted by Crippen LogP contribution is -2.51. The number of carbonyl (C=O) groups is 1. The number of hydrogen-bond donors (Lipinski definition) is 2. The number of hydrogen-bond acceptors (Lipinski definition) is 4. The number of nitrogens with one attached hydrogen (secondary N) is 2. The van der Waals surface area contributed by atoms with Crippen LogP contribution >= 0.6 is 0 Å². The van der Waals surface area contributed by atoms with E-state index >= 15 is 0 Å². The summed E-state index contributed by atoms with van der Waals surface area (Å²) >= 11 is 0. The molecule has 0 aromatic heterocycles. The molecular weight excluding hydrogens is 400 g/mol. The van der Waals surface area contributed by atoms with Gasteiger partial charge in [0.05, 0.1) is 0 Å². The van der Waals surface area contributed by atoms with Gasteiger partial charge in [0.1, 0.15) is 6.54 Å². The maximum Gasteiger partial charge on any atom is 0.243 e. The molecule has 2 unspecified atom stereocenters. The Morgan fingerprint density at radius 2 is 1.75 bits per heavy atom. The van der Waals surface area contributed by atoms with Crippen LogP contribution in [0.1, 0.15) is 44.6 Å². The van der Waals surface area contributed by atoms with Crippen molar-refractivity contribution >= 4 is 11.9 Å². The minimum atomic E-state index is 0.0307. The Labute approximate surface area is 193 Å². The molecule has 1 aliphatic carbocycles. The van der Waals surface area contributed by atoms with Gasteiger partial charge in [-0.25, -0.2) is 4.99 Å². The van der Waals surface area contributed by atoms with E-state index in [1.165, 1.54) is 18.4 Å². The predicted octanol–water partition coefficient (Wildman–Crippen LogP) is 1.90. The van der Waals surface area contributed by atoms with Crippen LogP contribution in [-0.2, 0) is 11.3 Å². The molecule has 2 N–H and O–H groups in total. The third-order valence-corrected chi connectivity index (χ3v) is 7.03. The summed E-state index contributed by atoms with van der Waals surface area (Å²) in [5.74, 6) is 0.833. The number of rotatable bonds is 7. The SMILES string of the molecule is CC1CC(NC(=NCC(=O)N(C)C)NC2CCN(Cc3ccccc3)CC2)CN1C1CC1. The molecule has 7 nitrogen and oxygen atoms in total. The van der Waals surface area contributed by atoms with Gasteiger partial charge in [0.15, 0.2) is 5.96 Å². The Balaban J connectivity index is 1.31. The molecule has 2 saturated heterocycles. The molecule has 7 heteroatoms. The number of likely N-dealkylation sites (tertiary alicyclic amines) is 2. The van der Waals surface area contributed by atoms with Crippen LogP contribution in [0.4, 0.5) is 0 Å². The van der Waals surface area contributed by atoms with Crippen LogP contribution in [0.5, 0.6) is 0 Å². The lowest BCUT2D eigenvalue weighted by atomic mass is 10.0. The van der Waals surface area contributed by atoms with Crippen LogP contribution in [0, 0.1) is 0 Å². The third-order valence-electron chi connectivity index (χ3n) is 7.03. The summed E-state index contributed by atoms with van der Waals surface area (Å²) in [7, 11) is 3.57. The van der Waals surface area contributed by atoms with Crippen molar-refractivity contribution in [2.45, 2.75) is 69.7 Å². The van der Waals surface area contributed by atoms with Gasteiger partial charge in [0.2, 0.25) is 5.91 Å². The fourth-order valence-electron chi connectivity index (χ4n) is 4.96. The van der Waals surface area contributed by atoms with Crippen molar-refractivity contribution in [2.75, 3.05) is 40.3 Å². The Bertz CT molecular complexity index is 770. The number of piperidine rings is 1. The molecule has 0 radical (unpaired) electrons. The first-order valence-corrected chi connectivity index (χ1v) is 12.3. The van der Waals surface area contributed by atoms with Crippen LogP contribution in [0.15, 0.2) is 35.3 Å². The van der Waals surface area contributed by atoms with E-state index in [1.807, 2.05) is 0 Å². The summed E-state index contributed by atoms with van der Waals surface area (Å²) in [6.07, 6.45) is 5.99. The second kappa shape index (κ2) is 10.7. The highest BCUT2D eigenvalue weighted by atomic mass is 16.2. The van der Waals surface area contributed by atoms with Crippen LogP contribution in [0.3, 0.4) is 0 Å². The molecule has 32 heavy (non-hydrogen) atoms. The zero-order chi connectivity index (χ0) is 22.5. The second-order valence-electron chi connectivity index (χ2n) is 9.99. The molecule has 2 aliphatic heterocycles. The molecular formula is C25H40N6O. The number of nitrogens with zero attached hydrogens (tertiary/aromatic N) is 4. The number of likely N-dealkylation sites (N-methyl/N-ethyl adjacent to an activating group) is 1. The van der Waals surface area contributed by atoms with E-state index in [-0.39, 0.29) is 12.5 Å². The molecule has 1 amide bonds. The lowest BCUT2D eigenvalue weighted by molar-refractivity contribution is -0.127. The number of benzene rings is 1. The first-order valence-electron chi connectivity index (χ1n) is 12.3. The summed E-state index contributed by atoms with van der Waals surface area (Å²) < 4.78 is 0. The molecule has 2 atom stereocenters. The van der Waals surface area contributed by atoms with E-state index in [9.17, 15) is 4.79 Å².